The molecule has 0 aliphatic rings. The zero-order valence-corrected chi connectivity index (χ0v) is 9.07. The van der Waals surface area contributed by atoms with Crippen molar-refractivity contribution in [3.63, 3.8) is 0 Å². The lowest BCUT2D eigenvalue weighted by atomic mass is 10.1. The summed E-state index contributed by atoms with van der Waals surface area (Å²) in [5.41, 5.74) is 0. The number of rotatable bonds is 5. The lowest BCUT2D eigenvalue weighted by Crippen LogP contribution is -2.21. The number of hydrogen-bond acceptors (Lipinski definition) is 3. The highest BCUT2D eigenvalue weighted by Crippen LogP contribution is 2.07. The summed E-state index contributed by atoms with van der Waals surface area (Å²) in [4.78, 5) is 3.83. The minimum Gasteiger partial charge on any atom is -0.391 e. The predicted molar refractivity (Wildman–Crippen MR) is 58.1 cm³/mol. The van der Waals surface area contributed by atoms with Crippen LogP contribution in [0.1, 0.15) is 20.3 Å². The number of aliphatic hydroxyl groups excluding tert-OH is 1. The summed E-state index contributed by atoms with van der Waals surface area (Å²) >= 11 is 0. The third kappa shape index (κ3) is 4.74. The normalized spacial score (nSPS) is 12.9. The predicted octanol–water partition coefficient (Wildman–Crippen LogP) is 2.04. The van der Waals surface area contributed by atoms with Gasteiger partial charge >= 0.3 is 0 Å². The van der Waals surface area contributed by atoms with E-state index in [0.717, 1.165) is 12.6 Å². The van der Waals surface area contributed by atoms with E-state index in [4.69, 9.17) is 0 Å². The Morgan fingerprint density at radius 3 is 2.73 bits per heavy atom. The largest absolute Gasteiger partial charge is 0.391 e. The van der Waals surface area contributed by atoms with Gasteiger partial charge in [-0.2, -0.15) is 0 Å². The SMILES string of the molecule is CC(C)CC(O)CNc1ccc(F)cn1. The van der Waals surface area contributed by atoms with Crippen molar-refractivity contribution in [3.05, 3.63) is 24.1 Å². The van der Waals surface area contributed by atoms with Crippen LogP contribution in [0.25, 0.3) is 0 Å². The fraction of sp³-hybridized carbons (Fsp3) is 0.545. The van der Waals surface area contributed by atoms with Gasteiger partial charge in [0.25, 0.3) is 0 Å². The highest BCUT2D eigenvalue weighted by Gasteiger charge is 2.06. The molecule has 0 bridgehead atoms. The fourth-order valence-corrected chi connectivity index (χ4v) is 1.33. The Labute approximate surface area is 89.4 Å². The topological polar surface area (TPSA) is 45.1 Å². The van der Waals surface area contributed by atoms with Gasteiger partial charge in [-0.15, -0.1) is 0 Å². The summed E-state index contributed by atoms with van der Waals surface area (Å²) in [7, 11) is 0. The van der Waals surface area contributed by atoms with Crippen LogP contribution in [0.5, 0.6) is 0 Å². The van der Waals surface area contributed by atoms with Crippen molar-refractivity contribution in [2.75, 3.05) is 11.9 Å². The molecular formula is C11H17FN2O. The Bertz CT molecular complexity index is 287. The van der Waals surface area contributed by atoms with E-state index in [1.165, 1.54) is 6.07 Å². The lowest BCUT2D eigenvalue weighted by molar-refractivity contribution is 0.161. The molecule has 0 aromatic carbocycles. The first-order valence-electron chi connectivity index (χ1n) is 5.11. The maximum atomic E-state index is 12.5. The Kier molecular flexibility index (Phi) is 4.49. The Morgan fingerprint density at radius 1 is 1.47 bits per heavy atom. The summed E-state index contributed by atoms with van der Waals surface area (Å²) in [6.45, 7) is 4.55. The van der Waals surface area contributed by atoms with E-state index in [0.29, 0.717) is 18.3 Å². The third-order valence-electron chi connectivity index (χ3n) is 1.99. The summed E-state index contributed by atoms with van der Waals surface area (Å²) in [5, 5.41) is 12.5. The molecule has 3 nitrogen and oxygen atoms in total. The zero-order valence-electron chi connectivity index (χ0n) is 9.07. The van der Waals surface area contributed by atoms with E-state index < -0.39 is 6.10 Å². The van der Waals surface area contributed by atoms with Gasteiger partial charge < -0.3 is 10.4 Å². The molecular weight excluding hydrogens is 195 g/mol. The first kappa shape index (κ1) is 11.9. The van der Waals surface area contributed by atoms with Gasteiger partial charge in [-0.3, -0.25) is 0 Å². The molecule has 4 heteroatoms. The van der Waals surface area contributed by atoms with E-state index in [2.05, 4.69) is 24.1 Å². The molecule has 1 unspecified atom stereocenters. The average molecular weight is 212 g/mol. The number of halogens is 1. The molecule has 84 valence electrons. The van der Waals surface area contributed by atoms with E-state index >= 15 is 0 Å². The third-order valence-corrected chi connectivity index (χ3v) is 1.99. The van der Waals surface area contributed by atoms with Gasteiger partial charge in [0.15, 0.2) is 0 Å². The molecule has 15 heavy (non-hydrogen) atoms. The molecule has 1 heterocycles. The second kappa shape index (κ2) is 5.66. The molecule has 1 atom stereocenters. The monoisotopic (exact) mass is 212 g/mol. The standard InChI is InChI=1S/C11H17FN2O/c1-8(2)5-10(15)7-14-11-4-3-9(12)6-13-11/h3-4,6,8,10,15H,5,7H2,1-2H3,(H,13,14). The molecule has 0 saturated carbocycles. The van der Waals surface area contributed by atoms with E-state index in [-0.39, 0.29) is 5.82 Å². The van der Waals surface area contributed by atoms with Crippen LogP contribution in [-0.2, 0) is 0 Å². The van der Waals surface area contributed by atoms with Crippen LogP contribution < -0.4 is 5.32 Å². The second-order valence-corrected chi connectivity index (χ2v) is 4.03. The van der Waals surface area contributed by atoms with Crippen LogP contribution in [0, 0.1) is 11.7 Å². The minimum atomic E-state index is -0.392. The van der Waals surface area contributed by atoms with E-state index in [1.54, 1.807) is 6.07 Å². The van der Waals surface area contributed by atoms with Crippen LogP contribution in [0.3, 0.4) is 0 Å². The molecule has 0 spiro atoms. The van der Waals surface area contributed by atoms with Crippen molar-refractivity contribution in [3.8, 4) is 0 Å². The lowest BCUT2D eigenvalue weighted by Gasteiger charge is -2.13. The molecule has 0 fully saturated rings. The van der Waals surface area contributed by atoms with Gasteiger partial charge in [0, 0.05) is 6.54 Å². The summed E-state index contributed by atoms with van der Waals surface area (Å²) in [6, 6.07) is 2.89. The van der Waals surface area contributed by atoms with Crippen molar-refractivity contribution >= 4 is 5.82 Å². The maximum absolute atomic E-state index is 12.5. The number of hydrogen-bond donors (Lipinski definition) is 2. The number of anilines is 1. The number of aromatic nitrogens is 1. The van der Waals surface area contributed by atoms with Gasteiger partial charge in [0.05, 0.1) is 12.3 Å². The molecule has 0 aliphatic heterocycles. The average Bonchev–Trinajstić information content (AvgIpc) is 2.16. The fourth-order valence-electron chi connectivity index (χ4n) is 1.33. The van der Waals surface area contributed by atoms with Crippen molar-refractivity contribution < 1.29 is 9.50 Å². The smallest absolute Gasteiger partial charge is 0.141 e. The second-order valence-electron chi connectivity index (χ2n) is 4.03. The number of pyridine rings is 1. The van der Waals surface area contributed by atoms with Gasteiger partial charge in [-0.1, -0.05) is 13.8 Å². The molecule has 1 rings (SSSR count). The van der Waals surface area contributed by atoms with E-state index in [1.807, 2.05) is 0 Å². The van der Waals surface area contributed by atoms with Crippen molar-refractivity contribution in [1.82, 2.24) is 4.98 Å². The van der Waals surface area contributed by atoms with Crippen LogP contribution in [0.15, 0.2) is 18.3 Å². The first-order valence-corrected chi connectivity index (χ1v) is 5.11. The molecule has 1 aromatic heterocycles. The van der Waals surface area contributed by atoms with Gasteiger partial charge in [0.2, 0.25) is 0 Å². The van der Waals surface area contributed by atoms with Crippen molar-refractivity contribution in [1.29, 1.82) is 0 Å². The van der Waals surface area contributed by atoms with Gasteiger partial charge in [-0.05, 0) is 24.5 Å². The van der Waals surface area contributed by atoms with E-state index in [9.17, 15) is 9.50 Å². The molecule has 0 amide bonds. The molecule has 0 aliphatic carbocycles. The van der Waals surface area contributed by atoms with Crippen LogP contribution in [-0.4, -0.2) is 22.7 Å². The quantitative estimate of drug-likeness (QED) is 0.785. The maximum Gasteiger partial charge on any atom is 0.141 e. The zero-order chi connectivity index (χ0) is 11.3. The summed E-state index contributed by atoms with van der Waals surface area (Å²) in [6.07, 6.45) is 1.50. The summed E-state index contributed by atoms with van der Waals surface area (Å²) < 4.78 is 12.5. The Balaban J connectivity index is 2.33. The van der Waals surface area contributed by atoms with Crippen LogP contribution in [0.2, 0.25) is 0 Å². The first-order chi connectivity index (χ1) is 7.08. The van der Waals surface area contributed by atoms with Crippen LogP contribution in [0.4, 0.5) is 10.2 Å². The molecule has 0 saturated heterocycles. The Hall–Kier alpha value is -1.16. The Morgan fingerprint density at radius 2 is 2.20 bits per heavy atom. The van der Waals surface area contributed by atoms with Crippen LogP contribution >= 0.6 is 0 Å². The number of nitrogens with zero attached hydrogens (tertiary/aromatic N) is 1. The van der Waals surface area contributed by atoms with Crippen molar-refractivity contribution in [2.24, 2.45) is 5.92 Å². The molecule has 2 N–H and O–H groups in total. The van der Waals surface area contributed by atoms with Crippen molar-refractivity contribution in [2.45, 2.75) is 26.4 Å². The summed E-state index contributed by atoms with van der Waals surface area (Å²) in [5.74, 6) is 0.686. The number of nitrogens with one attached hydrogen (secondary N) is 1. The minimum absolute atomic E-state index is 0.358. The highest BCUT2D eigenvalue weighted by atomic mass is 19.1. The molecule has 1 aromatic rings. The number of aliphatic hydroxyl groups is 1. The molecule has 0 radical (unpaired) electrons. The van der Waals surface area contributed by atoms with Gasteiger partial charge in [0.1, 0.15) is 11.6 Å². The van der Waals surface area contributed by atoms with Gasteiger partial charge in [-0.25, -0.2) is 9.37 Å². The highest BCUT2D eigenvalue weighted by molar-refractivity contribution is 5.33.